The molecule has 1 aromatic carbocycles. The van der Waals surface area contributed by atoms with Crippen LogP contribution >= 0.6 is 0 Å². The quantitative estimate of drug-likeness (QED) is 0.776. The van der Waals surface area contributed by atoms with Gasteiger partial charge in [-0.05, 0) is 45.6 Å². The zero-order valence-electron chi connectivity index (χ0n) is 11.3. The van der Waals surface area contributed by atoms with Gasteiger partial charge in [-0.2, -0.15) is 0 Å². The normalized spacial score (nSPS) is 12.2. The van der Waals surface area contributed by atoms with Crippen LogP contribution in [0.5, 0.6) is 0 Å². The molecule has 5 nitrogen and oxygen atoms in total. The molecule has 104 valence electrons. The van der Waals surface area contributed by atoms with Crippen LogP contribution in [0.25, 0.3) is 0 Å². The first-order valence-corrected chi connectivity index (χ1v) is 6.24. The van der Waals surface area contributed by atoms with Crippen molar-refractivity contribution >= 4 is 11.9 Å². The van der Waals surface area contributed by atoms with Gasteiger partial charge in [0.05, 0.1) is 0 Å². The van der Waals surface area contributed by atoms with E-state index < -0.39 is 12.0 Å². The van der Waals surface area contributed by atoms with Crippen LogP contribution in [-0.2, 0) is 4.79 Å². The Morgan fingerprint density at radius 1 is 1.26 bits per heavy atom. The molecule has 0 bridgehead atoms. The highest BCUT2D eigenvalue weighted by atomic mass is 16.4. The summed E-state index contributed by atoms with van der Waals surface area (Å²) >= 11 is 0. The lowest BCUT2D eigenvalue weighted by Gasteiger charge is -2.16. The van der Waals surface area contributed by atoms with Crippen molar-refractivity contribution in [1.29, 1.82) is 0 Å². The molecule has 0 fully saturated rings. The summed E-state index contributed by atoms with van der Waals surface area (Å²) in [5, 5.41) is 11.7. The molecular formula is C14H20N2O3. The molecule has 0 heterocycles. The van der Waals surface area contributed by atoms with Crippen LogP contribution in [0.15, 0.2) is 30.3 Å². The number of amides is 1. The van der Waals surface area contributed by atoms with Gasteiger partial charge in [0.25, 0.3) is 5.91 Å². The number of aliphatic carboxylic acids is 1. The number of hydrogen-bond acceptors (Lipinski definition) is 3. The van der Waals surface area contributed by atoms with Gasteiger partial charge in [0, 0.05) is 5.56 Å². The average Bonchev–Trinajstić information content (AvgIpc) is 2.37. The molecule has 1 rings (SSSR count). The summed E-state index contributed by atoms with van der Waals surface area (Å²) in [6, 6.07) is 7.78. The van der Waals surface area contributed by atoms with Crippen molar-refractivity contribution in [3.8, 4) is 0 Å². The van der Waals surface area contributed by atoms with Crippen molar-refractivity contribution in [2.24, 2.45) is 0 Å². The molecule has 5 heteroatoms. The number of carbonyl (C=O) groups excluding carboxylic acids is 1. The average molecular weight is 264 g/mol. The van der Waals surface area contributed by atoms with Gasteiger partial charge < -0.3 is 15.3 Å². The van der Waals surface area contributed by atoms with Crippen molar-refractivity contribution in [1.82, 2.24) is 10.2 Å². The van der Waals surface area contributed by atoms with Crippen molar-refractivity contribution in [3.05, 3.63) is 35.9 Å². The standard InChI is InChI=1S/C14H20N2O3/c1-16(2)10-6-9-12(14(18)19)15-13(17)11-7-4-3-5-8-11/h3-5,7-8,12H,6,9-10H2,1-2H3,(H,15,17)(H,18,19)/t12-/m0/s1. The molecule has 0 aliphatic heterocycles. The number of nitrogens with zero attached hydrogens (tertiary/aromatic N) is 1. The Labute approximate surface area is 113 Å². The van der Waals surface area contributed by atoms with E-state index in [1.54, 1.807) is 24.3 Å². The number of rotatable bonds is 7. The van der Waals surface area contributed by atoms with Crippen molar-refractivity contribution in [2.45, 2.75) is 18.9 Å². The highest BCUT2D eigenvalue weighted by Gasteiger charge is 2.20. The van der Waals surface area contributed by atoms with E-state index in [4.69, 9.17) is 5.11 Å². The predicted molar refractivity (Wildman–Crippen MR) is 73.1 cm³/mol. The lowest BCUT2D eigenvalue weighted by atomic mass is 10.1. The zero-order chi connectivity index (χ0) is 14.3. The minimum atomic E-state index is -0.997. The number of carbonyl (C=O) groups is 2. The molecule has 0 aliphatic rings. The lowest BCUT2D eigenvalue weighted by Crippen LogP contribution is -2.41. The second-order valence-corrected chi connectivity index (χ2v) is 4.68. The van der Waals surface area contributed by atoms with Crippen LogP contribution in [0, 0.1) is 0 Å². The maximum absolute atomic E-state index is 11.9. The fourth-order valence-electron chi connectivity index (χ4n) is 1.70. The minimum absolute atomic E-state index is 0.349. The first-order chi connectivity index (χ1) is 9.00. The van der Waals surface area contributed by atoms with Gasteiger partial charge in [0.15, 0.2) is 0 Å². The van der Waals surface area contributed by atoms with Crippen molar-refractivity contribution in [3.63, 3.8) is 0 Å². The van der Waals surface area contributed by atoms with Crippen LogP contribution in [-0.4, -0.2) is 48.6 Å². The molecule has 0 saturated heterocycles. The Morgan fingerprint density at radius 3 is 2.42 bits per heavy atom. The van der Waals surface area contributed by atoms with E-state index in [0.717, 1.165) is 13.0 Å². The lowest BCUT2D eigenvalue weighted by molar-refractivity contribution is -0.139. The van der Waals surface area contributed by atoms with Gasteiger partial charge in [-0.3, -0.25) is 4.79 Å². The second-order valence-electron chi connectivity index (χ2n) is 4.68. The highest BCUT2D eigenvalue weighted by Crippen LogP contribution is 2.03. The third-order valence-electron chi connectivity index (χ3n) is 2.74. The van der Waals surface area contributed by atoms with Crippen LogP contribution in [0.4, 0.5) is 0 Å². The first-order valence-electron chi connectivity index (χ1n) is 6.24. The van der Waals surface area contributed by atoms with Gasteiger partial charge >= 0.3 is 5.97 Å². The Kier molecular flexibility index (Phi) is 6.02. The van der Waals surface area contributed by atoms with Gasteiger partial charge in [0.2, 0.25) is 0 Å². The third kappa shape index (κ3) is 5.52. The fourth-order valence-corrected chi connectivity index (χ4v) is 1.70. The summed E-state index contributed by atoms with van der Waals surface area (Å²) in [5.41, 5.74) is 0.473. The Bertz CT molecular complexity index is 418. The zero-order valence-corrected chi connectivity index (χ0v) is 11.3. The summed E-state index contributed by atoms with van der Waals surface area (Å²) < 4.78 is 0. The molecule has 1 aromatic rings. The van der Waals surface area contributed by atoms with Crippen LogP contribution in [0.1, 0.15) is 23.2 Å². The van der Waals surface area contributed by atoms with E-state index >= 15 is 0 Å². The van der Waals surface area contributed by atoms with E-state index in [1.165, 1.54) is 0 Å². The largest absolute Gasteiger partial charge is 0.480 e. The SMILES string of the molecule is CN(C)CCC[C@H](NC(=O)c1ccccc1)C(=O)O. The predicted octanol–water partition coefficient (Wildman–Crippen LogP) is 1.21. The summed E-state index contributed by atoms with van der Waals surface area (Å²) in [6.45, 7) is 0.797. The molecule has 0 unspecified atom stereocenters. The van der Waals surface area contributed by atoms with Crippen LogP contribution in [0.2, 0.25) is 0 Å². The minimum Gasteiger partial charge on any atom is -0.480 e. The number of hydrogen-bond donors (Lipinski definition) is 2. The van der Waals surface area contributed by atoms with E-state index in [-0.39, 0.29) is 5.91 Å². The maximum atomic E-state index is 11.9. The smallest absolute Gasteiger partial charge is 0.326 e. The molecule has 1 atom stereocenters. The van der Waals surface area contributed by atoms with Crippen LogP contribution < -0.4 is 5.32 Å². The fraction of sp³-hybridized carbons (Fsp3) is 0.429. The molecule has 1 amide bonds. The Hall–Kier alpha value is -1.88. The molecule has 0 aliphatic carbocycles. The molecular weight excluding hydrogens is 244 g/mol. The summed E-state index contributed by atoms with van der Waals surface area (Å²) in [6.07, 6.45) is 1.14. The Balaban J connectivity index is 2.54. The number of carboxylic acid groups (broad SMARTS) is 1. The molecule has 0 radical (unpaired) electrons. The number of carboxylic acids is 1. The number of nitrogens with one attached hydrogen (secondary N) is 1. The molecule has 2 N–H and O–H groups in total. The van der Waals surface area contributed by atoms with Crippen molar-refractivity contribution < 1.29 is 14.7 Å². The first kappa shape index (κ1) is 15.2. The maximum Gasteiger partial charge on any atom is 0.326 e. The molecule has 0 spiro atoms. The molecule has 0 saturated carbocycles. The van der Waals surface area contributed by atoms with E-state index in [2.05, 4.69) is 5.32 Å². The third-order valence-corrected chi connectivity index (χ3v) is 2.74. The second kappa shape index (κ2) is 7.53. The van der Waals surface area contributed by atoms with Crippen LogP contribution in [0.3, 0.4) is 0 Å². The van der Waals surface area contributed by atoms with Gasteiger partial charge in [-0.25, -0.2) is 4.79 Å². The van der Waals surface area contributed by atoms with Crippen molar-refractivity contribution in [2.75, 3.05) is 20.6 Å². The van der Waals surface area contributed by atoms with Gasteiger partial charge in [-0.15, -0.1) is 0 Å². The molecule has 19 heavy (non-hydrogen) atoms. The Morgan fingerprint density at radius 2 is 1.89 bits per heavy atom. The number of benzene rings is 1. The van der Waals surface area contributed by atoms with Gasteiger partial charge in [0.1, 0.15) is 6.04 Å². The van der Waals surface area contributed by atoms with E-state index in [0.29, 0.717) is 12.0 Å². The highest BCUT2D eigenvalue weighted by molar-refractivity contribution is 5.96. The monoisotopic (exact) mass is 264 g/mol. The molecule has 0 aromatic heterocycles. The van der Waals surface area contributed by atoms with E-state index in [9.17, 15) is 9.59 Å². The van der Waals surface area contributed by atoms with Gasteiger partial charge in [-0.1, -0.05) is 18.2 Å². The summed E-state index contributed by atoms with van der Waals surface area (Å²) in [5.74, 6) is -1.35. The topological polar surface area (TPSA) is 69.6 Å². The van der Waals surface area contributed by atoms with E-state index in [1.807, 2.05) is 25.1 Å². The summed E-state index contributed by atoms with van der Waals surface area (Å²) in [7, 11) is 3.86. The summed E-state index contributed by atoms with van der Waals surface area (Å²) in [4.78, 5) is 25.0.